The first kappa shape index (κ1) is 9.37. The average Bonchev–Trinajstić information content (AvgIpc) is 2.44. The largest absolute Gasteiger partial charge is 0.592 e. The molecule has 2 aliphatic heterocycles. The van der Waals surface area contributed by atoms with Crippen LogP contribution in [0.2, 0.25) is 0 Å². The number of nitrogens with zero attached hydrogens (tertiary/aromatic N) is 2. The molecule has 0 N–H and O–H groups in total. The number of hydrogen-bond donors (Lipinski definition) is 0. The molecule has 0 radical (unpaired) electrons. The van der Waals surface area contributed by atoms with E-state index in [1.165, 1.54) is 0 Å². The zero-order chi connectivity index (χ0) is 10.3. The van der Waals surface area contributed by atoms with Crippen molar-refractivity contribution in [2.45, 2.75) is 26.3 Å². The van der Waals surface area contributed by atoms with E-state index < -0.39 is 7.26 Å². The molecule has 74 valence electrons. The van der Waals surface area contributed by atoms with Crippen LogP contribution in [0, 0.1) is 0 Å². The van der Waals surface area contributed by atoms with E-state index in [2.05, 4.69) is 0 Å². The number of fused-ring (bicyclic) bond motifs is 1. The van der Waals surface area contributed by atoms with E-state index in [-0.39, 0.29) is 5.54 Å². The molecule has 2 rings (SSSR count). The molecule has 0 aromatic carbocycles. The molecular formula is C10H14BFN2. The summed E-state index contributed by atoms with van der Waals surface area (Å²) in [7, 11) is -1.08. The Bertz CT molecular complexity index is 328. The first-order chi connectivity index (χ1) is 6.50. The minimum atomic E-state index is -1.08. The molecule has 2 heterocycles. The van der Waals surface area contributed by atoms with Gasteiger partial charge in [-0.25, -0.2) is 0 Å². The lowest BCUT2D eigenvalue weighted by Crippen LogP contribution is -2.48. The lowest BCUT2D eigenvalue weighted by Gasteiger charge is -2.33. The highest BCUT2D eigenvalue weighted by molar-refractivity contribution is 6.47. The van der Waals surface area contributed by atoms with E-state index in [1.54, 1.807) is 15.8 Å². The summed E-state index contributed by atoms with van der Waals surface area (Å²) < 4.78 is 13.9. The highest BCUT2D eigenvalue weighted by Gasteiger charge is 2.42. The fourth-order valence-corrected chi connectivity index (χ4v) is 1.62. The summed E-state index contributed by atoms with van der Waals surface area (Å²) in [6, 6.07) is 0. The monoisotopic (exact) mass is 192 g/mol. The predicted molar refractivity (Wildman–Crippen MR) is 56.7 cm³/mol. The Labute approximate surface area is 84.5 Å². The van der Waals surface area contributed by atoms with E-state index in [4.69, 9.17) is 0 Å². The Kier molecular flexibility index (Phi) is 1.94. The van der Waals surface area contributed by atoms with Crippen LogP contribution in [0.4, 0.5) is 4.32 Å². The molecule has 0 atom stereocenters. The third kappa shape index (κ3) is 1.35. The number of allylic oxidation sites excluding steroid dienone is 3. The summed E-state index contributed by atoms with van der Waals surface area (Å²) in [5.74, 6) is 0. The first-order valence-corrected chi connectivity index (χ1v) is 4.78. The maximum atomic E-state index is 13.9. The van der Waals surface area contributed by atoms with Crippen molar-refractivity contribution in [3.8, 4) is 0 Å². The van der Waals surface area contributed by atoms with E-state index in [0.29, 0.717) is 0 Å². The summed E-state index contributed by atoms with van der Waals surface area (Å²) in [5, 5.41) is 0. The summed E-state index contributed by atoms with van der Waals surface area (Å²) >= 11 is 0. The molecule has 4 heteroatoms. The Morgan fingerprint density at radius 2 is 2.00 bits per heavy atom. The van der Waals surface area contributed by atoms with Gasteiger partial charge in [-0.2, -0.15) is 0 Å². The Hall–Kier alpha value is -1.19. The summed E-state index contributed by atoms with van der Waals surface area (Å²) in [5.41, 5.74) is 0.723. The third-order valence-electron chi connectivity index (χ3n) is 2.43. The van der Waals surface area contributed by atoms with Gasteiger partial charge in [0.05, 0.1) is 0 Å². The van der Waals surface area contributed by atoms with Gasteiger partial charge in [0.25, 0.3) is 0 Å². The van der Waals surface area contributed by atoms with E-state index in [0.717, 1.165) is 5.70 Å². The van der Waals surface area contributed by atoms with Crippen molar-refractivity contribution in [2.75, 3.05) is 0 Å². The van der Waals surface area contributed by atoms with Crippen LogP contribution in [-0.2, 0) is 0 Å². The van der Waals surface area contributed by atoms with Crippen molar-refractivity contribution in [3.05, 3.63) is 36.3 Å². The number of halogens is 1. The van der Waals surface area contributed by atoms with Crippen LogP contribution >= 0.6 is 0 Å². The lowest BCUT2D eigenvalue weighted by atomic mass is 9.92. The fourth-order valence-electron chi connectivity index (χ4n) is 1.62. The van der Waals surface area contributed by atoms with Crippen LogP contribution in [0.3, 0.4) is 0 Å². The van der Waals surface area contributed by atoms with Crippen LogP contribution in [0.1, 0.15) is 20.8 Å². The quantitative estimate of drug-likeness (QED) is 0.543. The molecule has 0 saturated heterocycles. The van der Waals surface area contributed by atoms with Gasteiger partial charge in [0, 0.05) is 17.4 Å². The summed E-state index contributed by atoms with van der Waals surface area (Å²) in [6.07, 6.45) is 9.31. The first-order valence-electron chi connectivity index (χ1n) is 4.78. The molecule has 0 unspecified atom stereocenters. The van der Waals surface area contributed by atoms with Crippen molar-refractivity contribution in [1.82, 2.24) is 9.62 Å². The van der Waals surface area contributed by atoms with E-state index >= 15 is 0 Å². The molecule has 0 bridgehead atoms. The minimum Gasteiger partial charge on any atom is -0.366 e. The minimum absolute atomic E-state index is 0.189. The van der Waals surface area contributed by atoms with Crippen LogP contribution in [0.5, 0.6) is 0 Å². The van der Waals surface area contributed by atoms with Gasteiger partial charge in [-0.15, -0.1) is 0 Å². The molecule has 0 aromatic rings. The van der Waals surface area contributed by atoms with Crippen molar-refractivity contribution in [2.24, 2.45) is 0 Å². The molecule has 0 amide bonds. The fraction of sp³-hybridized carbons (Fsp3) is 0.400. The van der Waals surface area contributed by atoms with Crippen LogP contribution < -0.4 is 0 Å². The lowest BCUT2D eigenvalue weighted by molar-refractivity contribution is 0.301. The topological polar surface area (TPSA) is 6.48 Å². The molecule has 2 nitrogen and oxygen atoms in total. The van der Waals surface area contributed by atoms with Crippen LogP contribution in [0.15, 0.2) is 36.3 Å². The van der Waals surface area contributed by atoms with Gasteiger partial charge in [0.1, 0.15) is 0 Å². The van der Waals surface area contributed by atoms with Crippen LogP contribution in [0.25, 0.3) is 0 Å². The SMILES string of the molecule is CC(C)(C)N1C=C2C=CC=CN2B1F. The predicted octanol–water partition coefficient (Wildman–Crippen LogP) is 2.28. The van der Waals surface area contributed by atoms with E-state index in [1.807, 2.05) is 45.2 Å². The van der Waals surface area contributed by atoms with Crippen molar-refractivity contribution in [3.63, 3.8) is 0 Å². The normalized spacial score (nSPS) is 20.3. The van der Waals surface area contributed by atoms with Crippen LogP contribution in [-0.4, -0.2) is 22.4 Å². The smallest absolute Gasteiger partial charge is 0.366 e. The molecule has 2 aliphatic rings. The second kappa shape index (κ2) is 2.90. The van der Waals surface area contributed by atoms with Gasteiger partial charge in [-0.1, -0.05) is 6.08 Å². The maximum absolute atomic E-state index is 13.9. The van der Waals surface area contributed by atoms with E-state index in [9.17, 15) is 4.32 Å². The second-order valence-electron chi connectivity index (χ2n) is 4.55. The molecule has 0 aromatic heterocycles. The van der Waals surface area contributed by atoms with Crippen molar-refractivity contribution in [1.29, 1.82) is 0 Å². The number of hydrogen-bond acceptors (Lipinski definition) is 2. The molecule has 0 spiro atoms. The third-order valence-corrected chi connectivity index (χ3v) is 2.43. The highest BCUT2D eigenvalue weighted by atomic mass is 19.1. The van der Waals surface area contributed by atoms with Gasteiger partial charge in [-0.05, 0) is 39.1 Å². The standard InChI is InChI=1S/C10H14BFN2/c1-10(2,3)14-8-9-6-4-5-7-13(9)11(14)12/h4-8H,1-3H3. The molecule has 0 saturated carbocycles. The van der Waals surface area contributed by atoms with Gasteiger partial charge in [-0.3, -0.25) is 4.32 Å². The Balaban J connectivity index is 2.30. The highest BCUT2D eigenvalue weighted by Crippen LogP contribution is 2.30. The number of rotatable bonds is 0. The maximum Gasteiger partial charge on any atom is 0.592 e. The molecular weight excluding hydrogens is 178 g/mol. The average molecular weight is 192 g/mol. The van der Waals surface area contributed by atoms with Gasteiger partial charge in [0.2, 0.25) is 0 Å². The summed E-state index contributed by atoms with van der Waals surface area (Å²) in [4.78, 5) is 3.35. The summed E-state index contributed by atoms with van der Waals surface area (Å²) in [6.45, 7) is 6.01. The van der Waals surface area contributed by atoms with Crippen molar-refractivity contribution >= 4 is 7.26 Å². The molecule has 14 heavy (non-hydrogen) atoms. The Morgan fingerprint density at radius 3 is 2.57 bits per heavy atom. The molecule has 0 aliphatic carbocycles. The second-order valence-corrected chi connectivity index (χ2v) is 4.55. The van der Waals surface area contributed by atoms with Crippen molar-refractivity contribution < 1.29 is 4.32 Å². The zero-order valence-electron chi connectivity index (χ0n) is 8.74. The molecule has 0 fully saturated rings. The Morgan fingerprint density at radius 1 is 1.29 bits per heavy atom. The van der Waals surface area contributed by atoms with Gasteiger partial charge >= 0.3 is 7.26 Å². The van der Waals surface area contributed by atoms with Gasteiger partial charge in [0.15, 0.2) is 0 Å². The van der Waals surface area contributed by atoms with Gasteiger partial charge < -0.3 is 9.62 Å². The zero-order valence-corrected chi connectivity index (χ0v) is 8.74.